The molecule has 1 amide bonds. The predicted octanol–water partition coefficient (Wildman–Crippen LogP) is 2.29. The van der Waals surface area contributed by atoms with E-state index in [2.05, 4.69) is 0 Å². The van der Waals surface area contributed by atoms with Crippen molar-refractivity contribution in [2.45, 2.75) is 45.3 Å². The van der Waals surface area contributed by atoms with Gasteiger partial charge in [0.2, 0.25) is 5.91 Å². The van der Waals surface area contributed by atoms with Gasteiger partial charge in [0.15, 0.2) is 0 Å². The van der Waals surface area contributed by atoms with Crippen LogP contribution < -0.4 is 0 Å². The molecule has 0 aromatic heterocycles. The van der Waals surface area contributed by atoms with Crippen LogP contribution >= 0.6 is 0 Å². The Balaban J connectivity index is 2.71. The lowest BCUT2D eigenvalue weighted by molar-refractivity contribution is -0.167. The molecule has 2 atom stereocenters. The maximum Gasteiger partial charge on any atom is 0.406 e. The second-order valence-corrected chi connectivity index (χ2v) is 5.22. The highest BCUT2D eigenvalue weighted by Gasteiger charge is 2.40. The third kappa shape index (κ3) is 4.40. The van der Waals surface area contributed by atoms with Crippen LogP contribution in [0.5, 0.6) is 0 Å². The molecular weight excluding hydrogens is 263 g/mol. The molecule has 19 heavy (non-hydrogen) atoms. The molecule has 1 aliphatic rings. The summed E-state index contributed by atoms with van der Waals surface area (Å²) in [6.07, 6.45) is -3.61. The van der Waals surface area contributed by atoms with E-state index in [9.17, 15) is 22.8 Å². The zero-order valence-electron chi connectivity index (χ0n) is 10.9. The fraction of sp³-hybridized carbons (Fsp3) is 0.833. The first kappa shape index (κ1) is 15.8. The average Bonchev–Trinajstić information content (AvgIpc) is 2.72. The molecule has 4 nitrogen and oxygen atoms in total. The number of halogens is 3. The minimum Gasteiger partial charge on any atom is -0.481 e. The fourth-order valence-corrected chi connectivity index (χ4v) is 2.37. The van der Waals surface area contributed by atoms with Gasteiger partial charge in [0.05, 0.1) is 5.92 Å². The number of carbonyl (C=O) groups excluding carboxylic acids is 1. The number of rotatable bonds is 4. The Bertz CT molecular complexity index is 355. The van der Waals surface area contributed by atoms with E-state index in [0.29, 0.717) is 12.8 Å². The lowest BCUT2D eigenvalue weighted by atomic mass is 10.0. The molecule has 0 heterocycles. The number of nitrogens with zero attached hydrogens (tertiary/aromatic N) is 1. The maximum atomic E-state index is 12.4. The summed E-state index contributed by atoms with van der Waals surface area (Å²) in [6, 6.07) is -0.557. The van der Waals surface area contributed by atoms with E-state index in [1.165, 1.54) is 13.8 Å². The van der Waals surface area contributed by atoms with Gasteiger partial charge in [-0.1, -0.05) is 0 Å². The van der Waals surface area contributed by atoms with Gasteiger partial charge in [0.25, 0.3) is 0 Å². The number of amides is 1. The van der Waals surface area contributed by atoms with Crippen LogP contribution in [0.4, 0.5) is 13.2 Å². The van der Waals surface area contributed by atoms with E-state index in [1.54, 1.807) is 0 Å². The van der Waals surface area contributed by atoms with E-state index < -0.39 is 42.5 Å². The van der Waals surface area contributed by atoms with Crippen molar-refractivity contribution in [1.29, 1.82) is 0 Å². The summed E-state index contributed by atoms with van der Waals surface area (Å²) in [5, 5.41) is 8.84. The molecule has 1 aliphatic carbocycles. The molecule has 0 spiro atoms. The van der Waals surface area contributed by atoms with Gasteiger partial charge in [-0.05, 0) is 33.1 Å². The number of alkyl halides is 3. The van der Waals surface area contributed by atoms with Gasteiger partial charge < -0.3 is 10.0 Å². The molecule has 1 N–H and O–H groups in total. The molecule has 0 aromatic carbocycles. The maximum absolute atomic E-state index is 12.4. The van der Waals surface area contributed by atoms with E-state index >= 15 is 0 Å². The van der Waals surface area contributed by atoms with Crippen molar-refractivity contribution in [2.24, 2.45) is 11.8 Å². The Morgan fingerprint density at radius 1 is 1.26 bits per heavy atom. The van der Waals surface area contributed by atoms with Crippen LogP contribution in [-0.4, -0.2) is 40.6 Å². The third-order valence-electron chi connectivity index (χ3n) is 3.39. The lowest BCUT2D eigenvalue weighted by Gasteiger charge is -2.30. The van der Waals surface area contributed by atoms with E-state index in [-0.39, 0.29) is 6.42 Å². The monoisotopic (exact) mass is 281 g/mol. The first-order valence-corrected chi connectivity index (χ1v) is 6.22. The van der Waals surface area contributed by atoms with Crippen molar-refractivity contribution in [2.75, 3.05) is 6.54 Å². The van der Waals surface area contributed by atoms with Crippen molar-refractivity contribution in [3.8, 4) is 0 Å². The third-order valence-corrected chi connectivity index (χ3v) is 3.39. The van der Waals surface area contributed by atoms with Crippen molar-refractivity contribution in [3.63, 3.8) is 0 Å². The summed E-state index contributed by atoms with van der Waals surface area (Å²) in [7, 11) is 0. The van der Waals surface area contributed by atoms with Crippen LogP contribution in [0.15, 0.2) is 0 Å². The van der Waals surface area contributed by atoms with Gasteiger partial charge in [0, 0.05) is 12.0 Å². The van der Waals surface area contributed by atoms with Crippen LogP contribution in [0.3, 0.4) is 0 Å². The van der Waals surface area contributed by atoms with Gasteiger partial charge in [-0.3, -0.25) is 9.59 Å². The highest BCUT2D eigenvalue weighted by atomic mass is 19.4. The Hall–Kier alpha value is -1.27. The predicted molar refractivity (Wildman–Crippen MR) is 61.4 cm³/mol. The van der Waals surface area contributed by atoms with Crippen LogP contribution in [0.2, 0.25) is 0 Å². The lowest BCUT2D eigenvalue weighted by Crippen LogP contribution is -2.45. The fourth-order valence-electron chi connectivity index (χ4n) is 2.37. The van der Waals surface area contributed by atoms with Crippen LogP contribution in [0.25, 0.3) is 0 Å². The number of aliphatic carboxylic acids is 1. The van der Waals surface area contributed by atoms with Crippen molar-refractivity contribution >= 4 is 11.9 Å². The Morgan fingerprint density at radius 2 is 1.79 bits per heavy atom. The van der Waals surface area contributed by atoms with Gasteiger partial charge >= 0.3 is 12.1 Å². The molecule has 0 aliphatic heterocycles. The second kappa shape index (κ2) is 5.79. The standard InChI is InChI=1S/C12H18F3NO3/c1-7(2)16(6-12(13,14)15)10(17)8-3-4-9(5-8)11(18)19/h7-9H,3-6H2,1-2H3,(H,18,19)/t8-,9+/m1/s1. The van der Waals surface area contributed by atoms with E-state index in [0.717, 1.165) is 4.90 Å². The van der Waals surface area contributed by atoms with Gasteiger partial charge in [-0.15, -0.1) is 0 Å². The van der Waals surface area contributed by atoms with Crippen LogP contribution in [0.1, 0.15) is 33.1 Å². The van der Waals surface area contributed by atoms with Gasteiger partial charge in [0.1, 0.15) is 6.54 Å². The first-order valence-electron chi connectivity index (χ1n) is 6.22. The van der Waals surface area contributed by atoms with Gasteiger partial charge in [-0.2, -0.15) is 13.2 Å². The molecular formula is C12H18F3NO3. The molecule has 0 radical (unpaired) electrons. The summed E-state index contributed by atoms with van der Waals surface area (Å²) in [6.45, 7) is 1.76. The summed E-state index contributed by atoms with van der Waals surface area (Å²) in [4.78, 5) is 23.6. The molecule has 7 heteroatoms. The highest BCUT2D eigenvalue weighted by molar-refractivity contribution is 5.81. The Kier molecular flexibility index (Phi) is 4.81. The Morgan fingerprint density at radius 3 is 2.16 bits per heavy atom. The number of hydrogen-bond donors (Lipinski definition) is 1. The number of carbonyl (C=O) groups is 2. The van der Waals surface area contributed by atoms with Crippen LogP contribution in [0, 0.1) is 11.8 Å². The second-order valence-electron chi connectivity index (χ2n) is 5.22. The highest BCUT2D eigenvalue weighted by Crippen LogP contribution is 2.33. The molecule has 0 bridgehead atoms. The minimum absolute atomic E-state index is 0.134. The first-order chi connectivity index (χ1) is 8.61. The average molecular weight is 281 g/mol. The largest absolute Gasteiger partial charge is 0.481 e. The SMILES string of the molecule is CC(C)N(CC(F)(F)F)C(=O)[C@@H]1CC[C@H](C(=O)O)C1. The molecule has 1 rings (SSSR count). The quantitative estimate of drug-likeness (QED) is 0.860. The number of hydrogen-bond acceptors (Lipinski definition) is 2. The smallest absolute Gasteiger partial charge is 0.406 e. The molecule has 110 valence electrons. The summed E-state index contributed by atoms with van der Waals surface area (Å²) >= 11 is 0. The normalized spacial score (nSPS) is 23.7. The topological polar surface area (TPSA) is 57.6 Å². The Labute approximate surface area is 109 Å². The molecule has 0 unspecified atom stereocenters. The molecule has 1 fully saturated rings. The van der Waals surface area contributed by atoms with E-state index in [4.69, 9.17) is 5.11 Å². The van der Waals surface area contributed by atoms with Gasteiger partial charge in [-0.25, -0.2) is 0 Å². The van der Waals surface area contributed by atoms with Crippen molar-refractivity contribution in [3.05, 3.63) is 0 Å². The number of carboxylic acids is 1. The van der Waals surface area contributed by atoms with Crippen LogP contribution in [-0.2, 0) is 9.59 Å². The van der Waals surface area contributed by atoms with Crippen molar-refractivity contribution in [1.82, 2.24) is 4.90 Å². The number of carboxylic acid groups (broad SMARTS) is 1. The summed E-state index contributed by atoms with van der Waals surface area (Å²) in [5.74, 6) is -2.79. The zero-order valence-corrected chi connectivity index (χ0v) is 10.9. The molecule has 1 saturated carbocycles. The summed E-state index contributed by atoms with van der Waals surface area (Å²) in [5.41, 5.74) is 0. The zero-order chi connectivity index (χ0) is 14.8. The summed E-state index contributed by atoms with van der Waals surface area (Å²) < 4.78 is 37.3. The van der Waals surface area contributed by atoms with E-state index in [1.807, 2.05) is 0 Å². The minimum atomic E-state index is -4.44. The molecule has 0 saturated heterocycles. The molecule has 0 aromatic rings. The van der Waals surface area contributed by atoms with Crippen molar-refractivity contribution < 1.29 is 27.9 Å².